The Balaban J connectivity index is 1.79. The Hall–Kier alpha value is -2.99. The summed E-state index contributed by atoms with van der Waals surface area (Å²) in [5.74, 6) is 0.659. The maximum absolute atomic E-state index is 11.7. The Bertz CT molecular complexity index is 992. The van der Waals surface area contributed by atoms with Gasteiger partial charge in [-0.2, -0.15) is 4.98 Å². The van der Waals surface area contributed by atoms with Crippen molar-refractivity contribution in [3.8, 4) is 11.6 Å². The van der Waals surface area contributed by atoms with Gasteiger partial charge in [-0.15, -0.1) is 0 Å². The van der Waals surface area contributed by atoms with Gasteiger partial charge in [0.2, 0.25) is 5.88 Å². The van der Waals surface area contributed by atoms with Crippen molar-refractivity contribution in [3.63, 3.8) is 0 Å². The fraction of sp³-hybridized carbons (Fsp3) is 0.238. The molecular weight excluding hydrogens is 380 g/mol. The van der Waals surface area contributed by atoms with Crippen LogP contribution >= 0.6 is 11.6 Å². The molecule has 0 spiro atoms. The molecule has 3 aromatic rings. The van der Waals surface area contributed by atoms with Crippen molar-refractivity contribution in [1.29, 1.82) is 0 Å². The fourth-order valence-corrected chi connectivity index (χ4v) is 2.92. The first-order valence-electron chi connectivity index (χ1n) is 8.85. The summed E-state index contributed by atoms with van der Waals surface area (Å²) in [6.45, 7) is 3.71. The van der Waals surface area contributed by atoms with E-state index in [0.717, 1.165) is 11.1 Å². The summed E-state index contributed by atoms with van der Waals surface area (Å²) in [4.78, 5) is 17.8. The van der Waals surface area contributed by atoms with E-state index in [-0.39, 0.29) is 5.88 Å². The number of hydrogen-bond acceptors (Lipinski definition) is 6. The van der Waals surface area contributed by atoms with E-state index < -0.39 is 12.1 Å². The molecule has 1 heterocycles. The van der Waals surface area contributed by atoms with Crippen LogP contribution in [-0.4, -0.2) is 35.8 Å². The van der Waals surface area contributed by atoms with Crippen LogP contribution in [0.25, 0.3) is 10.8 Å². The second-order valence-corrected chi connectivity index (χ2v) is 6.67. The molecule has 146 valence electrons. The molecule has 28 heavy (non-hydrogen) atoms. The summed E-state index contributed by atoms with van der Waals surface area (Å²) in [5, 5.41) is 12.2. The number of aromatic nitrogens is 1. The van der Waals surface area contributed by atoms with Crippen molar-refractivity contribution in [2.75, 3.05) is 18.6 Å². The Morgan fingerprint density at radius 3 is 2.61 bits per heavy atom. The van der Waals surface area contributed by atoms with Crippen LogP contribution in [0.1, 0.15) is 13.8 Å². The van der Waals surface area contributed by atoms with Crippen molar-refractivity contribution < 1.29 is 19.4 Å². The third kappa shape index (κ3) is 4.28. The Morgan fingerprint density at radius 2 is 1.93 bits per heavy atom. The number of rotatable bonds is 6. The first-order chi connectivity index (χ1) is 13.4. The first kappa shape index (κ1) is 19.8. The minimum absolute atomic E-state index is 0.0786. The maximum Gasteiger partial charge on any atom is 0.347 e. The molecule has 2 aromatic carbocycles. The van der Waals surface area contributed by atoms with Crippen LogP contribution in [0.2, 0.25) is 5.02 Å². The van der Waals surface area contributed by atoms with Crippen LogP contribution in [-0.2, 0) is 9.53 Å². The molecule has 0 aliphatic heterocycles. The van der Waals surface area contributed by atoms with Gasteiger partial charge in [-0.1, -0.05) is 17.7 Å². The third-order valence-electron chi connectivity index (χ3n) is 4.26. The van der Waals surface area contributed by atoms with Crippen LogP contribution in [0, 0.1) is 0 Å². The lowest BCUT2D eigenvalue weighted by molar-refractivity contribution is -0.150. The smallest absolute Gasteiger partial charge is 0.347 e. The molecule has 1 N–H and O–H groups in total. The highest BCUT2D eigenvalue weighted by Crippen LogP contribution is 2.32. The minimum Gasteiger partial charge on any atom is -0.493 e. The lowest BCUT2D eigenvalue weighted by Crippen LogP contribution is -2.26. The van der Waals surface area contributed by atoms with Gasteiger partial charge in [0.25, 0.3) is 0 Å². The minimum atomic E-state index is -0.686. The molecule has 3 rings (SSSR count). The van der Waals surface area contributed by atoms with Crippen molar-refractivity contribution in [2.24, 2.45) is 0 Å². The van der Waals surface area contributed by atoms with E-state index in [9.17, 15) is 9.90 Å². The molecule has 0 aliphatic rings. The number of carbonyl (C=O) groups excluding carboxylic acids is 1. The monoisotopic (exact) mass is 400 g/mol. The van der Waals surface area contributed by atoms with Gasteiger partial charge in [-0.25, -0.2) is 4.79 Å². The van der Waals surface area contributed by atoms with Gasteiger partial charge in [-0.05, 0) is 61.7 Å². The van der Waals surface area contributed by atoms with Crippen LogP contribution < -0.4 is 9.64 Å². The number of nitrogens with zero attached hydrogens (tertiary/aromatic N) is 2. The highest BCUT2D eigenvalue weighted by atomic mass is 35.5. The molecule has 1 atom stereocenters. The van der Waals surface area contributed by atoms with Gasteiger partial charge in [0.15, 0.2) is 6.10 Å². The van der Waals surface area contributed by atoms with E-state index >= 15 is 0 Å². The summed E-state index contributed by atoms with van der Waals surface area (Å²) in [6.07, 6.45) is -0.686. The lowest BCUT2D eigenvalue weighted by atomic mass is 10.1. The third-order valence-corrected chi connectivity index (χ3v) is 4.50. The molecule has 0 radical (unpaired) electrons. The highest BCUT2D eigenvalue weighted by molar-refractivity contribution is 6.31. The number of anilines is 2. The van der Waals surface area contributed by atoms with Crippen molar-refractivity contribution in [1.82, 2.24) is 4.98 Å². The van der Waals surface area contributed by atoms with Crippen molar-refractivity contribution >= 4 is 39.8 Å². The number of carbonyl (C=O) groups is 1. The molecule has 0 bridgehead atoms. The summed E-state index contributed by atoms with van der Waals surface area (Å²) >= 11 is 5.99. The number of benzene rings is 2. The first-order valence-corrected chi connectivity index (χ1v) is 9.23. The van der Waals surface area contributed by atoms with E-state index in [0.29, 0.717) is 28.6 Å². The number of pyridine rings is 1. The van der Waals surface area contributed by atoms with E-state index in [2.05, 4.69) is 4.98 Å². The van der Waals surface area contributed by atoms with Crippen LogP contribution in [0.4, 0.5) is 11.5 Å². The van der Waals surface area contributed by atoms with E-state index in [1.54, 1.807) is 38.1 Å². The molecule has 0 saturated carbocycles. The second-order valence-electron chi connectivity index (χ2n) is 6.23. The van der Waals surface area contributed by atoms with Crippen LogP contribution in [0.15, 0.2) is 48.5 Å². The van der Waals surface area contributed by atoms with Gasteiger partial charge in [0.1, 0.15) is 11.6 Å². The van der Waals surface area contributed by atoms with Crippen molar-refractivity contribution in [3.05, 3.63) is 53.6 Å². The molecule has 1 unspecified atom stereocenters. The van der Waals surface area contributed by atoms with Gasteiger partial charge in [0, 0.05) is 23.1 Å². The van der Waals surface area contributed by atoms with Gasteiger partial charge >= 0.3 is 5.97 Å². The summed E-state index contributed by atoms with van der Waals surface area (Å²) < 4.78 is 10.5. The second kappa shape index (κ2) is 8.35. The predicted octanol–water partition coefficient (Wildman–Crippen LogP) is 4.69. The summed E-state index contributed by atoms with van der Waals surface area (Å²) in [6, 6.07) is 14.4. The largest absolute Gasteiger partial charge is 0.493 e. The number of halogens is 1. The van der Waals surface area contributed by atoms with Crippen LogP contribution in [0.3, 0.4) is 0 Å². The zero-order valence-corrected chi connectivity index (χ0v) is 16.6. The van der Waals surface area contributed by atoms with Crippen LogP contribution in [0.5, 0.6) is 11.6 Å². The summed E-state index contributed by atoms with van der Waals surface area (Å²) in [5.41, 5.74) is 0.844. The topological polar surface area (TPSA) is 71.9 Å². The standard InChI is InChI=1S/C21H21ClN2O4/c1-4-27-21(26)13(2)28-17-9-7-16(8-10-17)24(3)19-11-14-5-6-15(22)12-18(14)20(25)23-19/h5-13H,4H2,1-3H3,(H,23,25). The Kier molecular flexibility index (Phi) is 5.90. The zero-order valence-electron chi connectivity index (χ0n) is 15.8. The molecular formula is C21H21ClN2O4. The maximum atomic E-state index is 11.7. The normalized spacial score (nSPS) is 11.9. The van der Waals surface area contributed by atoms with Gasteiger partial charge < -0.3 is 19.5 Å². The molecule has 1 aromatic heterocycles. The molecule has 0 amide bonds. The molecule has 7 heteroatoms. The fourth-order valence-electron chi connectivity index (χ4n) is 2.75. The van der Waals surface area contributed by atoms with E-state index in [1.165, 1.54) is 0 Å². The van der Waals surface area contributed by atoms with Crippen molar-refractivity contribution in [2.45, 2.75) is 20.0 Å². The molecule has 0 aliphatic carbocycles. The number of aromatic hydroxyl groups is 1. The number of fused-ring (bicyclic) bond motifs is 1. The molecule has 6 nitrogen and oxygen atoms in total. The Morgan fingerprint density at radius 1 is 1.21 bits per heavy atom. The SMILES string of the molecule is CCOC(=O)C(C)Oc1ccc(N(C)c2cc3ccc(Cl)cc3c(O)n2)cc1. The quantitative estimate of drug-likeness (QED) is 0.605. The van der Waals surface area contributed by atoms with E-state index in [4.69, 9.17) is 21.1 Å². The number of hydrogen-bond donors (Lipinski definition) is 1. The predicted molar refractivity (Wildman–Crippen MR) is 110 cm³/mol. The lowest BCUT2D eigenvalue weighted by Gasteiger charge is -2.20. The number of esters is 1. The highest BCUT2D eigenvalue weighted by Gasteiger charge is 2.16. The molecule has 0 saturated heterocycles. The summed E-state index contributed by atoms with van der Waals surface area (Å²) in [7, 11) is 1.85. The zero-order chi connectivity index (χ0) is 20.3. The molecule has 0 fully saturated rings. The average molecular weight is 401 g/mol. The Labute approximate surface area is 168 Å². The van der Waals surface area contributed by atoms with Gasteiger partial charge in [-0.3, -0.25) is 0 Å². The average Bonchev–Trinajstić information content (AvgIpc) is 2.68. The van der Waals surface area contributed by atoms with E-state index in [1.807, 2.05) is 36.2 Å². The number of ether oxygens (including phenoxy) is 2. The van der Waals surface area contributed by atoms with Gasteiger partial charge in [0.05, 0.1) is 6.61 Å².